The molecule has 86 valence electrons. The van der Waals surface area contributed by atoms with Gasteiger partial charge in [-0.1, -0.05) is 0 Å². The first-order valence-electron chi connectivity index (χ1n) is 5.06. The largest absolute Gasteiger partial charge is 0.322 e. The van der Waals surface area contributed by atoms with Gasteiger partial charge in [0, 0.05) is 26.5 Å². The number of hydrazine groups is 1. The average Bonchev–Trinajstić information content (AvgIpc) is 2.70. The van der Waals surface area contributed by atoms with Gasteiger partial charge in [-0.3, -0.25) is 9.59 Å². The molecule has 0 bridgehead atoms. The molecule has 2 rings (SSSR count). The first-order chi connectivity index (χ1) is 7.52. The summed E-state index contributed by atoms with van der Waals surface area (Å²) < 4.78 is 1.74. The van der Waals surface area contributed by atoms with Crippen molar-refractivity contribution in [3.8, 4) is 0 Å². The number of nitrogens with zero attached hydrogens (tertiary/aromatic N) is 4. The minimum atomic E-state index is -0.447. The summed E-state index contributed by atoms with van der Waals surface area (Å²) in [4.78, 5) is 27.8. The van der Waals surface area contributed by atoms with Crippen LogP contribution in [0, 0.1) is 6.92 Å². The molecular formula is C10H14N4O2. The smallest absolute Gasteiger partial charge is 0.267 e. The first kappa shape index (κ1) is 10.8. The summed E-state index contributed by atoms with van der Waals surface area (Å²) in [5.41, 5.74) is 0. The second kappa shape index (κ2) is 3.71. The fraction of sp³-hybridized carbons (Fsp3) is 0.500. The molecule has 0 saturated carbocycles. The Morgan fingerprint density at radius 3 is 2.56 bits per heavy atom. The molecule has 6 heteroatoms. The highest BCUT2D eigenvalue weighted by Gasteiger charge is 2.41. The van der Waals surface area contributed by atoms with Crippen LogP contribution in [0.2, 0.25) is 0 Å². The third-order valence-electron chi connectivity index (χ3n) is 2.70. The van der Waals surface area contributed by atoms with Gasteiger partial charge in [-0.2, -0.15) is 0 Å². The van der Waals surface area contributed by atoms with Crippen LogP contribution < -0.4 is 0 Å². The number of amides is 2. The lowest BCUT2D eigenvalue weighted by Gasteiger charge is -2.22. The number of aromatic nitrogens is 2. The number of imide groups is 1. The van der Waals surface area contributed by atoms with Crippen molar-refractivity contribution in [3.63, 3.8) is 0 Å². The van der Waals surface area contributed by atoms with Gasteiger partial charge >= 0.3 is 0 Å². The molecule has 1 unspecified atom stereocenters. The molecule has 2 heterocycles. The van der Waals surface area contributed by atoms with Gasteiger partial charge < -0.3 is 4.57 Å². The topological polar surface area (TPSA) is 58.4 Å². The monoisotopic (exact) mass is 222 g/mol. The average molecular weight is 222 g/mol. The van der Waals surface area contributed by atoms with E-state index in [0.717, 1.165) is 5.82 Å². The van der Waals surface area contributed by atoms with Crippen LogP contribution in [0.25, 0.3) is 0 Å². The van der Waals surface area contributed by atoms with E-state index < -0.39 is 6.04 Å². The number of hydrogen-bond donors (Lipinski definition) is 0. The van der Waals surface area contributed by atoms with Gasteiger partial charge in [0.2, 0.25) is 5.91 Å². The molecule has 1 aliphatic rings. The van der Waals surface area contributed by atoms with E-state index in [1.165, 1.54) is 10.0 Å². The van der Waals surface area contributed by atoms with Crippen molar-refractivity contribution >= 4 is 11.8 Å². The minimum Gasteiger partial charge on any atom is -0.322 e. The van der Waals surface area contributed by atoms with Crippen molar-refractivity contribution in [1.29, 1.82) is 0 Å². The maximum atomic E-state index is 12.0. The van der Waals surface area contributed by atoms with E-state index in [4.69, 9.17) is 0 Å². The zero-order valence-corrected chi connectivity index (χ0v) is 9.54. The molecule has 0 aromatic carbocycles. The third-order valence-corrected chi connectivity index (χ3v) is 2.70. The highest BCUT2D eigenvalue weighted by molar-refractivity contribution is 6.04. The maximum Gasteiger partial charge on any atom is 0.267 e. The highest BCUT2D eigenvalue weighted by atomic mass is 16.2. The van der Waals surface area contributed by atoms with Crippen molar-refractivity contribution in [2.24, 2.45) is 0 Å². The van der Waals surface area contributed by atoms with E-state index in [1.807, 2.05) is 6.92 Å². The zero-order valence-electron chi connectivity index (χ0n) is 9.54. The van der Waals surface area contributed by atoms with E-state index in [2.05, 4.69) is 4.98 Å². The highest BCUT2D eigenvalue weighted by Crippen LogP contribution is 2.25. The van der Waals surface area contributed by atoms with Crippen molar-refractivity contribution in [2.45, 2.75) is 19.4 Å². The predicted molar refractivity (Wildman–Crippen MR) is 56.2 cm³/mol. The second-order valence-corrected chi connectivity index (χ2v) is 3.99. The Morgan fingerprint density at radius 2 is 2.12 bits per heavy atom. The van der Waals surface area contributed by atoms with Crippen molar-refractivity contribution in [2.75, 3.05) is 14.1 Å². The maximum absolute atomic E-state index is 12.0. The zero-order chi connectivity index (χ0) is 11.9. The van der Waals surface area contributed by atoms with Crippen molar-refractivity contribution in [3.05, 3.63) is 18.2 Å². The quantitative estimate of drug-likeness (QED) is 0.659. The lowest BCUT2D eigenvalue weighted by atomic mass is 10.2. The summed E-state index contributed by atoms with van der Waals surface area (Å²) in [7, 11) is 3.36. The van der Waals surface area contributed by atoms with Gasteiger partial charge in [0.15, 0.2) is 0 Å². The number of imidazole rings is 1. The first-order valence-corrected chi connectivity index (χ1v) is 5.06. The Morgan fingerprint density at radius 1 is 1.44 bits per heavy atom. The normalized spacial score (nSPS) is 21.2. The standard InChI is InChI=1S/C10H14N4O2/c1-7-11-4-5-13(7)8-6-9(15)14(10(8)16)12(2)3/h4-5,8H,6H2,1-3H3. The summed E-state index contributed by atoms with van der Waals surface area (Å²) in [6, 6.07) is -0.447. The van der Waals surface area contributed by atoms with Gasteiger partial charge in [0.05, 0.1) is 6.42 Å². The van der Waals surface area contributed by atoms with Gasteiger partial charge in [-0.25, -0.2) is 15.0 Å². The number of carbonyl (C=O) groups is 2. The van der Waals surface area contributed by atoms with Gasteiger partial charge in [-0.15, -0.1) is 0 Å². The number of carbonyl (C=O) groups excluding carboxylic acids is 2. The van der Waals surface area contributed by atoms with Crippen LogP contribution in [0.1, 0.15) is 18.3 Å². The van der Waals surface area contributed by atoms with Crippen LogP contribution in [-0.2, 0) is 9.59 Å². The molecule has 1 aromatic heterocycles. The molecule has 0 N–H and O–H groups in total. The SMILES string of the molecule is Cc1nccn1C1CC(=O)N(N(C)C)C1=O. The fourth-order valence-corrected chi connectivity index (χ4v) is 1.96. The summed E-state index contributed by atoms with van der Waals surface area (Å²) >= 11 is 0. The lowest BCUT2D eigenvalue weighted by molar-refractivity contribution is -0.153. The molecule has 0 spiro atoms. The number of rotatable bonds is 2. The molecule has 1 fully saturated rings. The molecular weight excluding hydrogens is 208 g/mol. The summed E-state index contributed by atoms with van der Waals surface area (Å²) in [6.45, 7) is 1.82. The van der Waals surface area contributed by atoms with Crippen molar-refractivity contribution < 1.29 is 9.59 Å². The molecule has 1 aliphatic heterocycles. The van der Waals surface area contributed by atoms with Crippen molar-refractivity contribution in [1.82, 2.24) is 19.6 Å². The Labute approximate surface area is 93.4 Å². The summed E-state index contributed by atoms with van der Waals surface area (Å²) in [5.74, 6) is 0.371. The number of aryl methyl sites for hydroxylation is 1. The van der Waals surface area contributed by atoms with Crippen LogP contribution >= 0.6 is 0 Å². The second-order valence-electron chi connectivity index (χ2n) is 3.99. The molecule has 0 radical (unpaired) electrons. The van der Waals surface area contributed by atoms with Crippen LogP contribution in [0.4, 0.5) is 0 Å². The molecule has 6 nitrogen and oxygen atoms in total. The van der Waals surface area contributed by atoms with E-state index in [1.54, 1.807) is 31.1 Å². The molecule has 1 saturated heterocycles. The van der Waals surface area contributed by atoms with Crippen LogP contribution in [0.15, 0.2) is 12.4 Å². The van der Waals surface area contributed by atoms with E-state index >= 15 is 0 Å². The molecule has 0 aliphatic carbocycles. The molecule has 2 amide bonds. The summed E-state index contributed by atoms with van der Waals surface area (Å²) in [6.07, 6.45) is 3.56. The van der Waals surface area contributed by atoms with Crippen LogP contribution in [0.5, 0.6) is 0 Å². The Balaban J connectivity index is 2.31. The van der Waals surface area contributed by atoms with E-state index in [9.17, 15) is 9.59 Å². The summed E-state index contributed by atoms with van der Waals surface area (Å²) in [5, 5.41) is 2.68. The fourth-order valence-electron chi connectivity index (χ4n) is 1.96. The Hall–Kier alpha value is -1.69. The Bertz CT molecular complexity index is 438. The predicted octanol–water partition coefficient (Wildman–Crippen LogP) is -0.0319. The Kier molecular flexibility index (Phi) is 2.51. The van der Waals surface area contributed by atoms with Crippen LogP contribution in [0.3, 0.4) is 0 Å². The van der Waals surface area contributed by atoms with Crippen LogP contribution in [-0.4, -0.2) is 45.5 Å². The van der Waals surface area contributed by atoms with Gasteiger partial charge in [0.1, 0.15) is 11.9 Å². The van der Waals surface area contributed by atoms with E-state index in [0.29, 0.717) is 0 Å². The minimum absolute atomic E-state index is 0.173. The third kappa shape index (κ3) is 1.51. The molecule has 1 atom stereocenters. The molecule has 16 heavy (non-hydrogen) atoms. The van der Waals surface area contributed by atoms with Gasteiger partial charge in [-0.05, 0) is 6.92 Å². The van der Waals surface area contributed by atoms with Gasteiger partial charge in [0.25, 0.3) is 5.91 Å². The lowest BCUT2D eigenvalue weighted by Crippen LogP contribution is -2.42. The molecule has 1 aromatic rings. The van der Waals surface area contributed by atoms with E-state index in [-0.39, 0.29) is 18.2 Å². The number of hydrogen-bond acceptors (Lipinski definition) is 4.